The van der Waals surface area contributed by atoms with Crippen molar-refractivity contribution in [2.45, 2.75) is 19.9 Å². The van der Waals surface area contributed by atoms with Gasteiger partial charge in [0.15, 0.2) is 0 Å². The summed E-state index contributed by atoms with van der Waals surface area (Å²) in [4.78, 5) is 2.10. The summed E-state index contributed by atoms with van der Waals surface area (Å²) in [5.74, 6) is 4.95. The Morgan fingerprint density at radius 1 is 1.42 bits per heavy atom. The van der Waals surface area contributed by atoms with Gasteiger partial charge in [0.25, 0.3) is 0 Å². The van der Waals surface area contributed by atoms with Crippen molar-refractivity contribution in [1.29, 1.82) is 5.26 Å². The quantitative estimate of drug-likeness (QED) is 0.823. The molecule has 1 aromatic carbocycles. The van der Waals surface area contributed by atoms with Crippen LogP contribution < -0.4 is 0 Å². The van der Waals surface area contributed by atoms with Crippen molar-refractivity contribution >= 4 is 0 Å². The molecule has 0 radical (unpaired) electrons. The van der Waals surface area contributed by atoms with Crippen molar-refractivity contribution in [3.05, 3.63) is 35.1 Å². The molecule has 19 heavy (non-hydrogen) atoms. The van der Waals surface area contributed by atoms with Gasteiger partial charge in [-0.3, -0.25) is 4.90 Å². The molecule has 0 spiro atoms. The standard InChI is InChI=1S/C15H17FN2O/c1-2-18(9-4-8-17)12-14-6-7-15(16)11-13(14)5-3-10-19/h6-7,11,19H,2,4,9-10,12H2,1H3. The molecular weight excluding hydrogens is 243 g/mol. The second-order valence-electron chi connectivity index (χ2n) is 4.04. The third-order valence-electron chi connectivity index (χ3n) is 2.76. The molecule has 100 valence electrons. The van der Waals surface area contributed by atoms with Crippen molar-refractivity contribution in [2.24, 2.45) is 0 Å². The van der Waals surface area contributed by atoms with E-state index in [1.807, 2.05) is 6.92 Å². The molecule has 0 aliphatic carbocycles. The molecule has 0 fully saturated rings. The van der Waals surface area contributed by atoms with Crippen LogP contribution in [0.5, 0.6) is 0 Å². The monoisotopic (exact) mass is 260 g/mol. The minimum Gasteiger partial charge on any atom is -0.384 e. The van der Waals surface area contributed by atoms with E-state index in [-0.39, 0.29) is 12.4 Å². The molecule has 0 bridgehead atoms. The molecule has 1 N–H and O–H groups in total. The summed E-state index contributed by atoms with van der Waals surface area (Å²) in [7, 11) is 0. The average molecular weight is 260 g/mol. The summed E-state index contributed by atoms with van der Waals surface area (Å²) in [6.45, 7) is 3.87. The van der Waals surface area contributed by atoms with Crippen LogP contribution in [-0.4, -0.2) is 29.7 Å². The number of nitriles is 1. The van der Waals surface area contributed by atoms with Crippen LogP contribution in [-0.2, 0) is 6.54 Å². The van der Waals surface area contributed by atoms with Crippen LogP contribution in [0.1, 0.15) is 24.5 Å². The number of rotatable bonds is 5. The summed E-state index contributed by atoms with van der Waals surface area (Å²) >= 11 is 0. The first kappa shape index (κ1) is 15.2. The van der Waals surface area contributed by atoms with Gasteiger partial charge in [-0.1, -0.05) is 24.8 Å². The highest BCUT2D eigenvalue weighted by atomic mass is 19.1. The summed E-state index contributed by atoms with van der Waals surface area (Å²) in [5, 5.41) is 17.3. The number of aliphatic hydroxyl groups excluding tert-OH is 1. The van der Waals surface area contributed by atoms with Crippen LogP contribution in [0.3, 0.4) is 0 Å². The van der Waals surface area contributed by atoms with Crippen LogP contribution in [0.15, 0.2) is 18.2 Å². The smallest absolute Gasteiger partial charge is 0.124 e. The summed E-state index contributed by atoms with van der Waals surface area (Å²) in [5.41, 5.74) is 1.49. The van der Waals surface area contributed by atoms with E-state index in [2.05, 4.69) is 22.8 Å². The fourth-order valence-corrected chi connectivity index (χ4v) is 1.74. The van der Waals surface area contributed by atoms with Gasteiger partial charge in [-0.05, 0) is 24.2 Å². The lowest BCUT2D eigenvalue weighted by Crippen LogP contribution is -2.24. The maximum Gasteiger partial charge on any atom is 0.124 e. The van der Waals surface area contributed by atoms with E-state index < -0.39 is 0 Å². The Kier molecular flexibility index (Phi) is 6.60. The van der Waals surface area contributed by atoms with Gasteiger partial charge in [0.05, 0.1) is 6.07 Å². The van der Waals surface area contributed by atoms with E-state index >= 15 is 0 Å². The Balaban J connectivity index is 2.89. The molecule has 0 saturated heterocycles. The summed E-state index contributed by atoms with van der Waals surface area (Å²) in [6.07, 6.45) is 0.465. The van der Waals surface area contributed by atoms with Gasteiger partial charge in [0, 0.05) is 25.1 Å². The highest BCUT2D eigenvalue weighted by molar-refractivity contribution is 5.41. The molecule has 1 aromatic rings. The SMILES string of the molecule is CCN(CCC#N)Cc1ccc(F)cc1C#CCO. The van der Waals surface area contributed by atoms with E-state index in [0.717, 1.165) is 12.1 Å². The van der Waals surface area contributed by atoms with Gasteiger partial charge in [0.2, 0.25) is 0 Å². The van der Waals surface area contributed by atoms with E-state index in [1.54, 1.807) is 6.07 Å². The first-order valence-electron chi connectivity index (χ1n) is 6.18. The molecule has 0 heterocycles. The van der Waals surface area contributed by atoms with Crippen LogP contribution in [0.2, 0.25) is 0 Å². The van der Waals surface area contributed by atoms with Crippen molar-refractivity contribution in [1.82, 2.24) is 4.90 Å². The van der Waals surface area contributed by atoms with E-state index in [0.29, 0.717) is 25.1 Å². The Morgan fingerprint density at radius 3 is 2.84 bits per heavy atom. The molecule has 0 aliphatic rings. The predicted octanol–water partition coefficient (Wildman–Crippen LogP) is 1.91. The zero-order valence-electron chi connectivity index (χ0n) is 11.0. The Bertz CT molecular complexity index is 511. The Hall–Kier alpha value is -1.88. The largest absolute Gasteiger partial charge is 0.384 e. The van der Waals surface area contributed by atoms with Gasteiger partial charge in [-0.15, -0.1) is 0 Å². The molecule has 0 saturated carbocycles. The molecule has 3 nitrogen and oxygen atoms in total. The molecule has 4 heteroatoms. The fraction of sp³-hybridized carbons (Fsp3) is 0.400. The highest BCUT2D eigenvalue weighted by Crippen LogP contribution is 2.13. The second kappa shape index (κ2) is 8.26. The van der Waals surface area contributed by atoms with Crippen molar-refractivity contribution < 1.29 is 9.50 Å². The van der Waals surface area contributed by atoms with E-state index in [4.69, 9.17) is 10.4 Å². The van der Waals surface area contributed by atoms with Gasteiger partial charge in [-0.2, -0.15) is 5.26 Å². The summed E-state index contributed by atoms with van der Waals surface area (Å²) < 4.78 is 13.2. The lowest BCUT2D eigenvalue weighted by Gasteiger charge is -2.19. The molecule has 0 aromatic heterocycles. The lowest BCUT2D eigenvalue weighted by molar-refractivity contribution is 0.286. The number of halogens is 1. The molecule has 1 rings (SSSR count). The number of hydrogen-bond donors (Lipinski definition) is 1. The number of nitrogens with zero attached hydrogens (tertiary/aromatic N) is 2. The van der Waals surface area contributed by atoms with Gasteiger partial charge in [-0.25, -0.2) is 4.39 Å². The number of aliphatic hydroxyl groups is 1. The predicted molar refractivity (Wildman–Crippen MR) is 71.5 cm³/mol. The molecule has 0 amide bonds. The maximum atomic E-state index is 13.2. The van der Waals surface area contributed by atoms with Gasteiger partial charge in [0.1, 0.15) is 12.4 Å². The average Bonchev–Trinajstić information content (AvgIpc) is 2.43. The first-order valence-corrected chi connectivity index (χ1v) is 6.18. The number of hydrogen-bond acceptors (Lipinski definition) is 3. The Labute approximate surface area is 113 Å². The molecule has 0 atom stereocenters. The van der Waals surface area contributed by atoms with Crippen molar-refractivity contribution in [2.75, 3.05) is 19.7 Å². The van der Waals surface area contributed by atoms with E-state index in [1.165, 1.54) is 12.1 Å². The van der Waals surface area contributed by atoms with Gasteiger partial charge >= 0.3 is 0 Å². The number of benzene rings is 1. The normalized spacial score (nSPS) is 9.84. The second-order valence-corrected chi connectivity index (χ2v) is 4.04. The van der Waals surface area contributed by atoms with Crippen LogP contribution in [0.4, 0.5) is 4.39 Å². The van der Waals surface area contributed by atoms with Crippen LogP contribution >= 0.6 is 0 Å². The Morgan fingerprint density at radius 2 is 2.21 bits per heavy atom. The van der Waals surface area contributed by atoms with E-state index in [9.17, 15) is 4.39 Å². The van der Waals surface area contributed by atoms with Crippen LogP contribution in [0.25, 0.3) is 0 Å². The molecular formula is C15H17FN2O. The highest BCUT2D eigenvalue weighted by Gasteiger charge is 2.07. The third kappa shape index (κ3) is 5.09. The first-order chi connectivity index (χ1) is 9.21. The van der Waals surface area contributed by atoms with Gasteiger partial charge < -0.3 is 5.11 Å². The molecule has 0 aliphatic heterocycles. The lowest BCUT2D eigenvalue weighted by atomic mass is 10.1. The van der Waals surface area contributed by atoms with Crippen molar-refractivity contribution in [3.63, 3.8) is 0 Å². The minimum atomic E-state index is -0.342. The van der Waals surface area contributed by atoms with Crippen molar-refractivity contribution in [3.8, 4) is 17.9 Å². The molecule has 0 unspecified atom stereocenters. The minimum absolute atomic E-state index is 0.248. The topological polar surface area (TPSA) is 47.3 Å². The summed E-state index contributed by atoms with van der Waals surface area (Å²) in [6, 6.07) is 6.59. The zero-order chi connectivity index (χ0) is 14.1. The maximum absolute atomic E-state index is 13.2. The fourth-order valence-electron chi connectivity index (χ4n) is 1.74. The van der Waals surface area contributed by atoms with Crippen LogP contribution in [0, 0.1) is 29.0 Å². The zero-order valence-corrected chi connectivity index (χ0v) is 11.0. The third-order valence-corrected chi connectivity index (χ3v) is 2.76.